The summed E-state index contributed by atoms with van der Waals surface area (Å²) in [4.78, 5) is 25.6. The van der Waals surface area contributed by atoms with Crippen LogP contribution in [0.15, 0.2) is 22.9 Å². The zero-order valence-corrected chi connectivity index (χ0v) is 12.2. The average Bonchev–Trinajstić information content (AvgIpc) is 2.98. The smallest absolute Gasteiger partial charge is 0.245 e. The Bertz CT molecular complexity index is 479. The molecule has 0 bridgehead atoms. The van der Waals surface area contributed by atoms with Gasteiger partial charge in [-0.1, -0.05) is 0 Å². The van der Waals surface area contributed by atoms with Gasteiger partial charge in [0, 0.05) is 19.2 Å². The van der Waals surface area contributed by atoms with Gasteiger partial charge in [-0.3, -0.25) is 9.59 Å². The predicted molar refractivity (Wildman–Crippen MR) is 78.4 cm³/mol. The third-order valence-corrected chi connectivity index (χ3v) is 3.72. The number of thiophene rings is 1. The molecule has 2 heterocycles. The summed E-state index contributed by atoms with van der Waals surface area (Å²) in [6.45, 7) is 4.00. The maximum absolute atomic E-state index is 12.1. The predicted octanol–water partition coefficient (Wildman–Crippen LogP) is 1.12. The maximum atomic E-state index is 12.1. The summed E-state index contributed by atoms with van der Waals surface area (Å²) >= 11 is 1.57. The van der Waals surface area contributed by atoms with Crippen LogP contribution in [0.2, 0.25) is 0 Å². The van der Waals surface area contributed by atoms with E-state index in [0.29, 0.717) is 26.3 Å². The molecular weight excluding hydrogens is 276 g/mol. The van der Waals surface area contributed by atoms with Crippen LogP contribution >= 0.6 is 11.3 Å². The van der Waals surface area contributed by atoms with Crippen LogP contribution in [-0.2, 0) is 14.3 Å². The maximum Gasteiger partial charge on any atom is 0.245 e. The largest absolute Gasteiger partial charge is 0.378 e. The number of morpholine rings is 1. The summed E-state index contributed by atoms with van der Waals surface area (Å²) in [6, 6.07) is 1.41. The molecule has 0 aliphatic carbocycles. The Balaban J connectivity index is 1.82. The van der Waals surface area contributed by atoms with Gasteiger partial charge in [-0.15, -0.1) is 0 Å². The van der Waals surface area contributed by atoms with Crippen molar-refractivity contribution in [2.45, 2.75) is 13.0 Å². The second kappa shape index (κ2) is 7.21. The molecule has 20 heavy (non-hydrogen) atoms. The summed E-state index contributed by atoms with van der Waals surface area (Å²) in [6.07, 6.45) is 3.18. The van der Waals surface area contributed by atoms with Gasteiger partial charge in [0.05, 0.1) is 13.2 Å². The molecule has 1 aromatic heterocycles. The minimum absolute atomic E-state index is 0.0643. The molecule has 1 N–H and O–H groups in total. The van der Waals surface area contributed by atoms with Crippen LogP contribution < -0.4 is 5.32 Å². The number of amides is 2. The molecule has 0 radical (unpaired) electrons. The van der Waals surface area contributed by atoms with E-state index in [4.69, 9.17) is 4.74 Å². The Hall–Kier alpha value is -1.66. The van der Waals surface area contributed by atoms with Crippen molar-refractivity contribution in [3.05, 3.63) is 28.5 Å². The van der Waals surface area contributed by atoms with Gasteiger partial charge in [0.25, 0.3) is 0 Å². The van der Waals surface area contributed by atoms with E-state index in [0.717, 1.165) is 5.56 Å². The first-order valence-electron chi connectivity index (χ1n) is 6.54. The highest BCUT2D eigenvalue weighted by molar-refractivity contribution is 7.08. The third-order valence-electron chi connectivity index (χ3n) is 3.02. The summed E-state index contributed by atoms with van der Waals surface area (Å²) in [5.74, 6) is -0.323. The van der Waals surface area contributed by atoms with Gasteiger partial charge < -0.3 is 15.0 Å². The first kappa shape index (κ1) is 14.7. The van der Waals surface area contributed by atoms with Crippen molar-refractivity contribution in [1.82, 2.24) is 10.2 Å². The number of carbonyl (C=O) groups is 2. The highest BCUT2D eigenvalue weighted by Gasteiger charge is 2.22. The minimum atomic E-state index is -0.521. The van der Waals surface area contributed by atoms with Crippen LogP contribution in [0.25, 0.3) is 6.08 Å². The normalized spacial score (nSPS) is 17.1. The standard InChI is InChI=1S/C14H18N2O3S/c1-11(14(18)16-5-7-19-8-6-16)15-13(17)3-2-12-4-9-20-10-12/h2-4,9-11H,5-8H2,1H3,(H,15,17)/b3-2+/t11-/m0/s1. The fourth-order valence-corrected chi connectivity index (χ4v) is 2.55. The molecule has 6 heteroatoms. The Labute approximate surface area is 122 Å². The Morgan fingerprint density at radius 2 is 2.20 bits per heavy atom. The Kier molecular flexibility index (Phi) is 5.31. The van der Waals surface area contributed by atoms with Crippen LogP contribution in [-0.4, -0.2) is 49.1 Å². The first-order chi connectivity index (χ1) is 9.66. The number of nitrogens with zero attached hydrogens (tertiary/aromatic N) is 1. The van der Waals surface area contributed by atoms with E-state index in [1.165, 1.54) is 6.08 Å². The molecule has 0 aromatic carbocycles. The summed E-state index contributed by atoms with van der Waals surface area (Å²) in [5.41, 5.74) is 0.984. The van der Waals surface area contributed by atoms with Crippen molar-refractivity contribution in [2.75, 3.05) is 26.3 Å². The molecular formula is C14H18N2O3S. The lowest BCUT2D eigenvalue weighted by Crippen LogP contribution is -2.50. The number of ether oxygens (including phenoxy) is 1. The van der Waals surface area contributed by atoms with Crippen molar-refractivity contribution in [3.8, 4) is 0 Å². The monoisotopic (exact) mass is 294 g/mol. The molecule has 5 nitrogen and oxygen atoms in total. The van der Waals surface area contributed by atoms with E-state index in [2.05, 4.69) is 5.32 Å². The molecule has 108 valence electrons. The lowest BCUT2D eigenvalue weighted by Gasteiger charge is -2.29. The molecule has 1 atom stereocenters. The van der Waals surface area contributed by atoms with Crippen LogP contribution in [0.4, 0.5) is 0 Å². The van der Waals surface area contributed by atoms with Crippen LogP contribution in [0.3, 0.4) is 0 Å². The van der Waals surface area contributed by atoms with Crippen LogP contribution in [0.5, 0.6) is 0 Å². The van der Waals surface area contributed by atoms with Gasteiger partial charge in [-0.05, 0) is 35.4 Å². The number of hydrogen-bond donors (Lipinski definition) is 1. The quantitative estimate of drug-likeness (QED) is 0.847. The summed E-state index contributed by atoms with van der Waals surface area (Å²) in [5, 5.41) is 6.58. The summed E-state index contributed by atoms with van der Waals surface area (Å²) < 4.78 is 5.20. The lowest BCUT2D eigenvalue weighted by atomic mass is 10.2. The van der Waals surface area contributed by atoms with Crippen molar-refractivity contribution < 1.29 is 14.3 Å². The van der Waals surface area contributed by atoms with Crippen LogP contribution in [0.1, 0.15) is 12.5 Å². The topological polar surface area (TPSA) is 58.6 Å². The Morgan fingerprint density at radius 3 is 2.85 bits per heavy atom. The van der Waals surface area contributed by atoms with E-state index < -0.39 is 6.04 Å². The molecule has 1 fully saturated rings. The van der Waals surface area contributed by atoms with Crippen LogP contribution in [0, 0.1) is 0 Å². The van der Waals surface area contributed by atoms with Gasteiger partial charge in [0.1, 0.15) is 6.04 Å². The SMILES string of the molecule is C[C@H](NC(=O)/C=C/c1ccsc1)C(=O)N1CCOCC1. The zero-order valence-electron chi connectivity index (χ0n) is 11.4. The highest BCUT2D eigenvalue weighted by atomic mass is 32.1. The molecule has 2 rings (SSSR count). The fourth-order valence-electron chi connectivity index (χ4n) is 1.92. The molecule has 1 saturated heterocycles. The molecule has 1 aliphatic rings. The van der Waals surface area contributed by atoms with Gasteiger partial charge in [-0.2, -0.15) is 11.3 Å². The molecule has 0 spiro atoms. The molecule has 0 unspecified atom stereocenters. The van der Waals surface area contributed by atoms with E-state index in [9.17, 15) is 9.59 Å². The van der Waals surface area contributed by atoms with Gasteiger partial charge in [0.2, 0.25) is 11.8 Å². The van der Waals surface area contributed by atoms with E-state index in [-0.39, 0.29) is 11.8 Å². The number of carbonyl (C=O) groups excluding carboxylic acids is 2. The summed E-state index contributed by atoms with van der Waals surface area (Å²) in [7, 11) is 0. The fraction of sp³-hybridized carbons (Fsp3) is 0.429. The molecule has 2 amide bonds. The van der Waals surface area contributed by atoms with E-state index in [1.54, 1.807) is 29.2 Å². The number of rotatable bonds is 4. The molecule has 0 saturated carbocycles. The molecule has 1 aliphatic heterocycles. The van der Waals surface area contributed by atoms with E-state index >= 15 is 0 Å². The van der Waals surface area contributed by atoms with Crippen molar-refractivity contribution >= 4 is 29.2 Å². The highest BCUT2D eigenvalue weighted by Crippen LogP contribution is 2.07. The molecule has 1 aromatic rings. The lowest BCUT2D eigenvalue weighted by molar-refractivity contribution is -0.138. The van der Waals surface area contributed by atoms with E-state index in [1.807, 2.05) is 16.8 Å². The van der Waals surface area contributed by atoms with Gasteiger partial charge >= 0.3 is 0 Å². The first-order valence-corrected chi connectivity index (χ1v) is 7.48. The average molecular weight is 294 g/mol. The number of nitrogens with one attached hydrogen (secondary N) is 1. The second-order valence-corrected chi connectivity index (χ2v) is 5.34. The Morgan fingerprint density at radius 1 is 1.45 bits per heavy atom. The minimum Gasteiger partial charge on any atom is -0.378 e. The van der Waals surface area contributed by atoms with Gasteiger partial charge in [-0.25, -0.2) is 0 Å². The third kappa shape index (κ3) is 4.18. The number of hydrogen-bond acceptors (Lipinski definition) is 4. The second-order valence-electron chi connectivity index (χ2n) is 4.56. The van der Waals surface area contributed by atoms with Crippen molar-refractivity contribution in [1.29, 1.82) is 0 Å². The van der Waals surface area contributed by atoms with Crippen molar-refractivity contribution in [3.63, 3.8) is 0 Å². The van der Waals surface area contributed by atoms with Gasteiger partial charge in [0.15, 0.2) is 0 Å². The van der Waals surface area contributed by atoms with Crippen molar-refractivity contribution in [2.24, 2.45) is 0 Å². The zero-order chi connectivity index (χ0) is 14.4.